The number of Topliss-reactive ketones (excluding diaryl/α,β-unsaturated/α-hetero) is 1. The average Bonchev–Trinajstić information content (AvgIpc) is 2.99. The summed E-state index contributed by atoms with van der Waals surface area (Å²) in [5.74, 6) is -0.467. The number of rotatable bonds is 4. The highest BCUT2D eigenvalue weighted by atomic mass is 35.5. The zero-order chi connectivity index (χ0) is 23.6. The first kappa shape index (κ1) is 24.4. The van der Waals surface area contributed by atoms with Gasteiger partial charge in [0.2, 0.25) is 5.91 Å². The van der Waals surface area contributed by atoms with E-state index in [0.29, 0.717) is 23.7 Å². The molecule has 0 bridgehead atoms. The number of thiazole rings is 1. The fourth-order valence-corrected chi connectivity index (χ4v) is 4.79. The number of hydrogen-bond donors (Lipinski definition) is 0. The highest BCUT2D eigenvalue weighted by molar-refractivity contribution is 7.07. The van der Waals surface area contributed by atoms with Crippen molar-refractivity contribution in [1.29, 1.82) is 0 Å². The number of piperidine rings is 1. The second-order valence-electron chi connectivity index (χ2n) is 9.32. The summed E-state index contributed by atoms with van der Waals surface area (Å²) in [6, 6.07) is 4.29. The topological polar surface area (TPSA) is 59.4 Å². The predicted octanol–water partition coefficient (Wildman–Crippen LogP) is 3.19. The van der Waals surface area contributed by atoms with Gasteiger partial charge in [-0.1, -0.05) is 45.4 Å². The molecule has 8 heteroatoms. The van der Waals surface area contributed by atoms with Crippen molar-refractivity contribution in [2.24, 2.45) is 11.3 Å². The Balaban J connectivity index is 2.11. The van der Waals surface area contributed by atoms with Gasteiger partial charge in [0.25, 0.3) is 5.56 Å². The molecule has 0 saturated carbocycles. The normalized spacial score (nSPS) is 18.3. The van der Waals surface area contributed by atoms with E-state index in [1.54, 1.807) is 31.7 Å². The van der Waals surface area contributed by atoms with Crippen molar-refractivity contribution in [1.82, 2.24) is 9.47 Å². The Hall–Kier alpha value is -2.25. The van der Waals surface area contributed by atoms with Gasteiger partial charge in [0.05, 0.1) is 9.55 Å². The number of ketones is 1. The molecule has 0 radical (unpaired) electrons. The summed E-state index contributed by atoms with van der Waals surface area (Å²) in [6.45, 7) is 8.61. The molecule has 1 atom stereocenters. The Morgan fingerprint density at radius 1 is 1.31 bits per heavy atom. The lowest BCUT2D eigenvalue weighted by Crippen LogP contribution is -2.44. The van der Waals surface area contributed by atoms with Gasteiger partial charge in [-0.2, -0.15) is 0 Å². The highest BCUT2D eigenvalue weighted by Crippen LogP contribution is 2.19. The SMILES string of the molecule is CC1CCCN(C(=O)Cn2c(=O)/c(=C/c3c(F)cccc3Cl)s/c2=C/C(=O)C(C)(C)C)C1. The number of carbonyl (C=O) groups is 2. The van der Waals surface area contributed by atoms with Crippen LogP contribution in [0.15, 0.2) is 23.0 Å². The number of nitrogens with zero attached hydrogens (tertiary/aromatic N) is 2. The lowest BCUT2D eigenvalue weighted by atomic mass is 9.91. The Bertz CT molecular complexity index is 1190. The molecule has 1 amide bonds. The molecule has 5 nitrogen and oxygen atoms in total. The molecule has 32 heavy (non-hydrogen) atoms. The maximum atomic E-state index is 14.3. The smallest absolute Gasteiger partial charge is 0.269 e. The first-order valence-electron chi connectivity index (χ1n) is 10.7. The summed E-state index contributed by atoms with van der Waals surface area (Å²) in [5.41, 5.74) is -0.985. The number of halogens is 2. The van der Waals surface area contributed by atoms with Gasteiger partial charge in [-0.25, -0.2) is 4.39 Å². The van der Waals surface area contributed by atoms with E-state index in [1.807, 2.05) is 0 Å². The largest absolute Gasteiger partial charge is 0.341 e. The highest BCUT2D eigenvalue weighted by Gasteiger charge is 2.23. The van der Waals surface area contributed by atoms with E-state index in [4.69, 9.17) is 11.6 Å². The Morgan fingerprint density at radius 3 is 2.66 bits per heavy atom. The number of hydrogen-bond acceptors (Lipinski definition) is 4. The van der Waals surface area contributed by atoms with Gasteiger partial charge in [-0.15, -0.1) is 11.3 Å². The number of aromatic nitrogens is 1. The quantitative estimate of drug-likeness (QED) is 0.678. The Labute approximate surface area is 195 Å². The lowest BCUT2D eigenvalue weighted by Gasteiger charge is -2.31. The monoisotopic (exact) mass is 478 g/mol. The third-order valence-corrected chi connectivity index (χ3v) is 6.90. The van der Waals surface area contributed by atoms with Crippen molar-refractivity contribution in [3.05, 3.63) is 54.2 Å². The summed E-state index contributed by atoms with van der Waals surface area (Å²) < 4.78 is 16.2. The number of carbonyl (C=O) groups excluding carboxylic acids is 2. The fraction of sp³-hybridized carbons (Fsp3) is 0.458. The molecule has 1 aliphatic heterocycles. The minimum Gasteiger partial charge on any atom is -0.341 e. The minimum absolute atomic E-state index is 0.101. The van der Waals surface area contributed by atoms with Gasteiger partial charge in [0.1, 0.15) is 17.0 Å². The first-order valence-corrected chi connectivity index (χ1v) is 11.9. The van der Waals surface area contributed by atoms with Crippen LogP contribution in [0.3, 0.4) is 0 Å². The van der Waals surface area contributed by atoms with Gasteiger partial charge in [-0.05, 0) is 37.0 Å². The molecule has 1 aromatic carbocycles. The third-order valence-electron chi connectivity index (χ3n) is 5.51. The van der Waals surface area contributed by atoms with E-state index >= 15 is 0 Å². The van der Waals surface area contributed by atoms with Gasteiger partial charge < -0.3 is 4.90 Å². The van der Waals surface area contributed by atoms with E-state index in [1.165, 1.54) is 28.9 Å². The van der Waals surface area contributed by atoms with E-state index in [0.717, 1.165) is 24.2 Å². The van der Waals surface area contributed by atoms with Crippen LogP contribution < -0.4 is 14.8 Å². The Kier molecular flexibility index (Phi) is 7.40. The van der Waals surface area contributed by atoms with E-state index in [-0.39, 0.29) is 33.4 Å². The van der Waals surface area contributed by atoms with Crippen LogP contribution in [-0.2, 0) is 16.1 Å². The lowest BCUT2D eigenvalue weighted by molar-refractivity contribution is -0.133. The van der Waals surface area contributed by atoms with Crippen molar-refractivity contribution >= 4 is 46.8 Å². The van der Waals surface area contributed by atoms with Crippen LogP contribution in [-0.4, -0.2) is 34.2 Å². The zero-order valence-electron chi connectivity index (χ0n) is 18.8. The van der Waals surface area contributed by atoms with Gasteiger partial charge in [-0.3, -0.25) is 19.0 Å². The Morgan fingerprint density at radius 2 is 2.03 bits per heavy atom. The third kappa shape index (κ3) is 5.56. The summed E-state index contributed by atoms with van der Waals surface area (Å²) in [5, 5.41) is 0.180. The van der Waals surface area contributed by atoms with Crippen LogP contribution in [0.5, 0.6) is 0 Å². The minimum atomic E-state index is -0.643. The van der Waals surface area contributed by atoms with E-state index in [2.05, 4.69) is 6.92 Å². The van der Waals surface area contributed by atoms with Crippen LogP contribution in [0.4, 0.5) is 4.39 Å². The first-order chi connectivity index (χ1) is 15.0. The van der Waals surface area contributed by atoms with Crippen LogP contribution in [0, 0.1) is 17.2 Å². The standard InChI is InChI=1S/C24H28ClFN2O3S/c1-15-7-6-10-27(13-15)21(30)14-28-22(12-20(29)24(2,3)4)32-19(23(28)31)11-16-17(25)8-5-9-18(16)26/h5,8-9,11-12,15H,6-7,10,13-14H2,1-4H3/b19-11-,22-12+. The molecule has 1 aliphatic rings. The summed E-state index contributed by atoms with van der Waals surface area (Å²) in [4.78, 5) is 40.6. The van der Waals surface area contributed by atoms with Crippen molar-refractivity contribution in [3.8, 4) is 0 Å². The molecule has 1 fully saturated rings. The molecule has 1 saturated heterocycles. The number of benzene rings is 1. The second kappa shape index (κ2) is 9.71. The summed E-state index contributed by atoms with van der Waals surface area (Å²) >= 11 is 7.18. The average molecular weight is 479 g/mol. The maximum absolute atomic E-state index is 14.3. The van der Waals surface area contributed by atoms with Gasteiger partial charge in [0.15, 0.2) is 5.78 Å². The molecule has 2 heterocycles. The molecule has 0 aliphatic carbocycles. The molecular formula is C24H28ClFN2O3S. The van der Waals surface area contributed by atoms with Gasteiger partial charge >= 0.3 is 0 Å². The summed E-state index contributed by atoms with van der Waals surface area (Å²) in [7, 11) is 0. The molecule has 3 rings (SSSR count). The summed E-state index contributed by atoms with van der Waals surface area (Å²) in [6.07, 6.45) is 4.79. The fourth-order valence-electron chi connectivity index (χ4n) is 3.55. The zero-order valence-corrected chi connectivity index (χ0v) is 20.4. The number of likely N-dealkylation sites (tertiary alicyclic amines) is 1. The van der Waals surface area contributed by atoms with Crippen molar-refractivity contribution in [2.75, 3.05) is 13.1 Å². The van der Waals surface area contributed by atoms with E-state index in [9.17, 15) is 18.8 Å². The van der Waals surface area contributed by atoms with Crippen molar-refractivity contribution in [3.63, 3.8) is 0 Å². The molecule has 0 spiro atoms. The van der Waals surface area contributed by atoms with Crippen molar-refractivity contribution in [2.45, 2.75) is 47.1 Å². The molecule has 2 aromatic rings. The molecule has 1 unspecified atom stereocenters. The maximum Gasteiger partial charge on any atom is 0.269 e. The van der Waals surface area contributed by atoms with Gasteiger partial charge in [0, 0.05) is 30.1 Å². The van der Waals surface area contributed by atoms with E-state index < -0.39 is 16.8 Å². The van der Waals surface area contributed by atoms with Crippen LogP contribution in [0.2, 0.25) is 5.02 Å². The molecular weight excluding hydrogens is 451 g/mol. The predicted molar refractivity (Wildman–Crippen MR) is 127 cm³/mol. The van der Waals surface area contributed by atoms with Crippen LogP contribution in [0.1, 0.15) is 46.1 Å². The second-order valence-corrected chi connectivity index (χ2v) is 10.8. The molecule has 1 aromatic heterocycles. The number of amides is 1. The van der Waals surface area contributed by atoms with Crippen LogP contribution in [0.25, 0.3) is 12.2 Å². The molecule has 0 N–H and O–H groups in total. The van der Waals surface area contributed by atoms with Crippen molar-refractivity contribution < 1.29 is 14.0 Å². The molecule has 172 valence electrons. The van der Waals surface area contributed by atoms with Crippen LogP contribution >= 0.6 is 22.9 Å².